The summed E-state index contributed by atoms with van der Waals surface area (Å²) in [6.45, 7) is 2.16. The van der Waals surface area contributed by atoms with Crippen LogP contribution >= 0.6 is 11.3 Å². The molecule has 0 aliphatic carbocycles. The van der Waals surface area contributed by atoms with E-state index in [4.69, 9.17) is 4.74 Å². The first-order chi connectivity index (χ1) is 9.21. The lowest BCUT2D eigenvalue weighted by atomic mass is 10.1. The molecule has 0 fully saturated rings. The zero-order valence-corrected chi connectivity index (χ0v) is 12.2. The molecule has 0 saturated carbocycles. The number of methoxy groups -OCH3 is 1. The summed E-state index contributed by atoms with van der Waals surface area (Å²) in [5.41, 5.74) is 1.14. The van der Waals surface area contributed by atoms with Gasteiger partial charge in [-0.2, -0.15) is 0 Å². The van der Waals surface area contributed by atoms with Gasteiger partial charge in [-0.3, -0.25) is 0 Å². The average Bonchev–Trinajstić information content (AvgIpc) is 2.87. The van der Waals surface area contributed by atoms with Crippen molar-refractivity contribution in [1.82, 2.24) is 0 Å². The minimum atomic E-state index is -0.322. The fourth-order valence-electron chi connectivity index (χ4n) is 2.06. The van der Waals surface area contributed by atoms with Crippen molar-refractivity contribution in [3.63, 3.8) is 0 Å². The minimum Gasteiger partial charge on any atom is -0.497 e. The largest absolute Gasteiger partial charge is 0.497 e. The molecule has 0 aliphatic rings. The van der Waals surface area contributed by atoms with Gasteiger partial charge in [0.2, 0.25) is 0 Å². The molecule has 1 aromatic carbocycles. The number of aryl methyl sites for hydroxylation is 1. The summed E-state index contributed by atoms with van der Waals surface area (Å²) in [7, 11) is 1.66. The van der Waals surface area contributed by atoms with Crippen molar-refractivity contribution in [2.45, 2.75) is 32.3 Å². The Hall–Kier alpha value is -1.32. The van der Waals surface area contributed by atoms with Crippen LogP contribution in [0, 0.1) is 0 Å². The minimum absolute atomic E-state index is 0.322. The fourth-order valence-corrected chi connectivity index (χ4v) is 3.09. The van der Waals surface area contributed by atoms with Gasteiger partial charge in [0.25, 0.3) is 0 Å². The highest BCUT2D eigenvalue weighted by atomic mass is 32.1. The van der Waals surface area contributed by atoms with Gasteiger partial charge in [0.05, 0.1) is 13.2 Å². The van der Waals surface area contributed by atoms with Gasteiger partial charge < -0.3 is 9.84 Å². The Morgan fingerprint density at radius 2 is 1.74 bits per heavy atom. The summed E-state index contributed by atoms with van der Waals surface area (Å²) >= 11 is 1.80. The second-order valence-electron chi connectivity index (χ2n) is 4.63. The molecule has 1 unspecified atom stereocenters. The summed E-state index contributed by atoms with van der Waals surface area (Å²) in [5, 5.41) is 10.1. The normalized spacial score (nSPS) is 12.4. The van der Waals surface area contributed by atoms with Crippen LogP contribution in [-0.4, -0.2) is 18.3 Å². The van der Waals surface area contributed by atoms with E-state index in [1.54, 1.807) is 18.4 Å². The Bertz CT molecular complexity index is 502. The van der Waals surface area contributed by atoms with Crippen molar-refractivity contribution in [2.24, 2.45) is 0 Å². The number of hydrogen-bond donors (Lipinski definition) is 1. The number of ether oxygens (including phenoxy) is 1. The molecule has 0 radical (unpaired) electrons. The molecule has 0 amide bonds. The highest BCUT2D eigenvalue weighted by molar-refractivity contribution is 7.11. The van der Waals surface area contributed by atoms with Crippen LogP contribution in [0.3, 0.4) is 0 Å². The van der Waals surface area contributed by atoms with E-state index in [9.17, 15) is 5.11 Å². The van der Waals surface area contributed by atoms with Gasteiger partial charge in [0.15, 0.2) is 0 Å². The van der Waals surface area contributed by atoms with Crippen LogP contribution in [0.4, 0.5) is 0 Å². The lowest BCUT2D eigenvalue weighted by Gasteiger charge is -2.10. The molecule has 0 bridgehead atoms. The van der Waals surface area contributed by atoms with Crippen LogP contribution in [0.2, 0.25) is 0 Å². The van der Waals surface area contributed by atoms with E-state index in [2.05, 4.69) is 19.1 Å². The Balaban J connectivity index is 1.90. The van der Waals surface area contributed by atoms with E-state index in [1.807, 2.05) is 24.3 Å². The quantitative estimate of drug-likeness (QED) is 0.875. The second-order valence-corrected chi connectivity index (χ2v) is 5.88. The molecule has 1 atom stereocenters. The Labute approximate surface area is 118 Å². The van der Waals surface area contributed by atoms with Gasteiger partial charge in [-0.25, -0.2) is 0 Å². The zero-order chi connectivity index (χ0) is 13.7. The van der Waals surface area contributed by atoms with Crippen LogP contribution in [0.25, 0.3) is 0 Å². The third-order valence-electron chi connectivity index (χ3n) is 3.13. The number of benzene rings is 1. The maximum absolute atomic E-state index is 10.1. The van der Waals surface area contributed by atoms with E-state index >= 15 is 0 Å². The van der Waals surface area contributed by atoms with Gasteiger partial charge in [-0.15, -0.1) is 11.3 Å². The molecule has 1 aromatic heterocycles. The predicted octanol–water partition coefficient (Wildman–Crippen LogP) is 3.47. The van der Waals surface area contributed by atoms with Crippen LogP contribution in [0.15, 0.2) is 36.4 Å². The van der Waals surface area contributed by atoms with Crippen LogP contribution in [0.1, 0.15) is 22.2 Å². The Morgan fingerprint density at radius 1 is 1.05 bits per heavy atom. The SMILES string of the molecule is CCc1ccc(CC(O)Cc2ccc(OC)cc2)s1. The molecule has 2 aromatic rings. The number of hydrogen-bond acceptors (Lipinski definition) is 3. The van der Waals surface area contributed by atoms with Gasteiger partial charge in [-0.05, 0) is 42.7 Å². The fraction of sp³-hybridized carbons (Fsp3) is 0.375. The molecule has 3 heteroatoms. The van der Waals surface area contributed by atoms with Crippen molar-refractivity contribution in [3.05, 3.63) is 51.7 Å². The van der Waals surface area contributed by atoms with Gasteiger partial charge >= 0.3 is 0 Å². The maximum atomic E-state index is 10.1. The molecule has 102 valence electrons. The summed E-state index contributed by atoms with van der Waals surface area (Å²) in [4.78, 5) is 2.64. The van der Waals surface area contributed by atoms with Crippen molar-refractivity contribution in [2.75, 3.05) is 7.11 Å². The van der Waals surface area contributed by atoms with Crippen molar-refractivity contribution in [3.8, 4) is 5.75 Å². The molecule has 2 nitrogen and oxygen atoms in total. The molecule has 0 spiro atoms. The number of thiophene rings is 1. The Kier molecular flexibility index (Phi) is 5.00. The summed E-state index contributed by atoms with van der Waals surface area (Å²) in [6, 6.07) is 12.2. The molecule has 2 rings (SSSR count). The maximum Gasteiger partial charge on any atom is 0.118 e. The lowest BCUT2D eigenvalue weighted by molar-refractivity contribution is 0.176. The molecular formula is C16H20O2S. The predicted molar refractivity (Wildman–Crippen MR) is 80.1 cm³/mol. The first-order valence-corrected chi connectivity index (χ1v) is 7.41. The third kappa shape index (κ3) is 4.08. The van der Waals surface area contributed by atoms with E-state index < -0.39 is 0 Å². The van der Waals surface area contributed by atoms with Crippen LogP contribution in [-0.2, 0) is 19.3 Å². The first kappa shape index (κ1) is 14.1. The third-order valence-corrected chi connectivity index (χ3v) is 4.38. The van der Waals surface area contributed by atoms with Gasteiger partial charge in [-0.1, -0.05) is 19.1 Å². The standard InChI is InChI=1S/C16H20O2S/c1-3-15-8-9-16(19-15)11-13(17)10-12-4-6-14(18-2)7-5-12/h4-9,13,17H,3,10-11H2,1-2H3. The highest BCUT2D eigenvalue weighted by Crippen LogP contribution is 2.20. The van der Waals surface area contributed by atoms with Gasteiger partial charge in [0, 0.05) is 16.2 Å². The van der Waals surface area contributed by atoms with Crippen molar-refractivity contribution < 1.29 is 9.84 Å². The smallest absolute Gasteiger partial charge is 0.118 e. The van der Waals surface area contributed by atoms with E-state index in [0.717, 1.165) is 24.2 Å². The average molecular weight is 276 g/mol. The highest BCUT2D eigenvalue weighted by Gasteiger charge is 2.09. The van der Waals surface area contributed by atoms with Crippen LogP contribution in [0.5, 0.6) is 5.75 Å². The number of aliphatic hydroxyl groups is 1. The molecular weight excluding hydrogens is 256 g/mol. The van der Waals surface area contributed by atoms with E-state index in [0.29, 0.717) is 6.42 Å². The Morgan fingerprint density at radius 3 is 2.32 bits per heavy atom. The topological polar surface area (TPSA) is 29.5 Å². The lowest BCUT2D eigenvalue weighted by Crippen LogP contribution is -2.13. The van der Waals surface area contributed by atoms with Crippen molar-refractivity contribution >= 4 is 11.3 Å². The summed E-state index contributed by atoms with van der Waals surface area (Å²) in [6.07, 6.45) is 2.16. The monoisotopic (exact) mass is 276 g/mol. The molecule has 0 aliphatic heterocycles. The van der Waals surface area contributed by atoms with Crippen LogP contribution < -0.4 is 4.74 Å². The summed E-state index contributed by atoms with van der Waals surface area (Å²) < 4.78 is 5.12. The first-order valence-electron chi connectivity index (χ1n) is 6.60. The second kappa shape index (κ2) is 6.73. The summed E-state index contributed by atoms with van der Waals surface area (Å²) in [5.74, 6) is 0.851. The molecule has 1 N–H and O–H groups in total. The van der Waals surface area contributed by atoms with E-state index in [-0.39, 0.29) is 6.10 Å². The van der Waals surface area contributed by atoms with Gasteiger partial charge in [0.1, 0.15) is 5.75 Å². The number of rotatable bonds is 6. The van der Waals surface area contributed by atoms with Crippen molar-refractivity contribution in [1.29, 1.82) is 0 Å². The molecule has 0 saturated heterocycles. The molecule has 1 heterocycles. The molecule has 19 heavy (non-hydrogen) atoms. The number of aliphatic hydroxyl groups excluding tert-OH is 1. The van der Waals surface area contributed by atoms with E-state index in [1.165, 1.54) is 9.75 Å². The zero-order valence-electron chi connectivity index (χ0n) is 11.4.